The highest BCUT2D eigenvalue weighted by atomic mass is 19.1. The van der Waals surface area contributed by atoms with E-state index in [0.29, 0.717) is 19.7 Å². The average Bonchev–Trinajstić information content (AvgIpc) is 2.47. The fraction of sp³-hybridized carbons (Fsp3) is 0.294. The first-order valence-corrected chi connectivity index (χ1v) is 6.98. The van der Waals surface area contributed by atoms with Crippen LogP contribution < -0.4 is 10.1 Å². The number of aliphatic hydroxyl groups is 1. The second-order valence-corrected chi connectivity index (χ2v) is 5.04. The minimum atomic E-state index is -0.358. The van der Waals surface area contributed by atoms with Crippen molar-refractivity contribution in [3.8, 4) is 5.75 Å². The van der Waals surface area contributed by atoms with Gasteiger partial charge in [0.05, 0.1) is 6.10 Å². The molecule has 0 aliphatic carbocycles. The molecule has 0 unspecified atom stereocenters. The van der Waals surface area contributed by atoms with Gasteiger partial charge < -0.3 is 15.2 Å². The summed E-state index contributed by atoms with van der Waals surface area (Å²) in [5.41, 5.74) is 2.02. The van der Waals surface area contributed by atoms with Crippen LogP contribution in [0.3, 0.4) is 0 Å². The third-order valence-corrected chi connectivity index (χ3v) is 2.99. The van der Waals surface area contributed by atoms with Crippen LogP contribution in [0.5, 0.6) is 5.75 Å². The van der Waals surface area contributed by atoms with Gasteiger partial charge in [-0.05, 0) is 42.3 Å². The monoisotopic (exact) mass is 289 g/mol. The predicted octanol–water partition coefficient (Wildman–Crippen LogP) is 2.88. The molecule has 2 rings (SSSR count). The summed E-state index contributed by atoms with van der Waals surface area (Å²) in [6.45, 7) is 3.39. The Kier molecular flexibility index (Phi) is 5.72. The molecular weight excluding hydrogens is 269 g/mol. The molecule has 0 aliphatic heterocycles. The standard InChI is InChI=1S/C17H20FNO2/c1-13(20)10-19-11-15-3-2-4-17(9-15)21-12-14-5-7-16(18)8-6-14/h2-9,13,19-20H,10-12H2,1H3/t13-/m1/s1. The van der Waals surface area contributed by atoms with Gasteiger partial charge in [0.1, 0.15) is 18.2 Å². The van der Waals surface area contributed by atoms with Crippen molar-refractivity contribution in [1.29, 1.82) is 0 Å². The van der Waals surface area contributed by atoms with Crippen LogP contribution in [0.1, 0.15) is 18.1 Å². The summed E-state index contributed by atoms with van der Waals surface area (Å²) in [4.78, 5) is 0. The van der Waals surface area contributed by atoms with E-state index in [1.807, 2.05) is 24.3 Å². The number of hydrogen-bond donors (Lipinski definition) is 2. The van der Waals surface area contributed by atoms with Crippen molar-refractivity contribution in [3.05, 3.63) is 65.5 Å². The van der Waals surface area contributed by atoms with Crippen LogP contribution in [-0.2, 0) is 13.2 Å². The molecule has 4 heteroatoms. The van der Waals surface area contributed by atoms with Crippen LogP contribution in [0.15, 0.2) is 48.5 Å². The molecule has 2 N–H and O–H groups in total. The third kappa shape index (κ3) is 5.53. The van der Waals surface area contributed by atoms with Crippen molar-refractivity contribution in [2.24, 2.45) is 0 Å². The zero-order chi connectivity index (χ0) is 15.1. The lowest BCUT2D eigenvalue weighted by molar-refractivity contribution is 0.191. The highest BCUT2D eigenvalue weighted by Crippen LogP contribution is 2.15. The van der Waals surface area contributed by atoms with Gasteiger partial charge in [0.15, 0.2) is 0 Å². The molecule has 0 aromatic heterocycles. The van der Waals surface area contributed by atoms with Gasteiger partial charge in [-0.25, -0.2) is 4.39 Å². The summed E-state index contributed by atoms with van der Waals surface area (Å²) in [7, 11) is 0. The van der Waals surface area contributed by atoms with Gasteiger partial charge in [-0.3, -0.25) is 0 Å². The van der Waals surface area contributed by atoms with E-state index in [2.05, 4.69) is 5.32 Å². The van der Waals surface area contributed by atoms with E-state index in [0.717, 1.165) is 16.9 Å². The first-order valence-electron chi connectivity index (χ1n) is 6.98. The quantitative estimate of drug-likeness (QED) is 0.823. The second-order valence-electron chi connectivity index (χ2n) is 5.04. The molecule has 2 aromatic rings. The van der Waals surface area contributed by atoms with E-state index in [9.17, 15) is 9.50 Å². The SMILES string of the molecule is C[C@@H](O)CNCc1cccc(OCc2ccc(F)cc2)c1. The van der Waals surface area contributed by atoms with Gasteiger partial charge in [-0.1, -0.05) is 24.3 Å². The lowest BCUT2D eigenvalue weighted by Crippen LogP contribution is -2.23. The minimum absolute atomic E-state index is 0.245. The molecule has 0 fully saturated rings. The van der Waals surface area contributed by atoms with Crippen LogP contribution in [0, 0.1) is 5.82 Å². The Morgan fingerprint density at radius 2 is 1.90 bits per heavy atom. The summed E-state index contributed by atoms with van der Waals surface area (Å²) in [5.74, 6) is 0.528. The van der Waals surface area contributed by atoms with Crippen molar-refractivity contribution in [1.82, 2.24) is 5.32 Å². The first-order chi connectivity index (χ1) is 10.1. The maximum Gasteiger partial charge on any atom is 0.123 e. The predicted molar refractivity (Wildman–Crippen MR) is 80.6 cm³/mol. The smallest absolute Gasteiger partial charge is 0.123 e. The fourth-order valence-corrected chi connectivity index (χ4v) is 1.92. The van der Waals surface area contributed by atoms with E-state index in [-0.39, 0.29) is 11.9 Å². The van der Waals surface area contributed by atoms with Crippen molar-refractivity contribution in [2.75, 3.05) is 6.54 Å². The highest BCUT2D eigenvalue weighted by Gasteiger charge is 2.00. The fourth-order valence-electron chi connectivity index (χ4n) is 1.92. The maximum atomic E-state index is 12.8. The van der Waals surface area contributed by atoms with Crippen molar-refractivity contribution < 1.29 is 14.2 Å². The normalized spacial score (nSPS) is 12.1. The molecular formula is C17H20FNO2. The highest BCUT2D eigenvalue weighted by molar-refractivity contribution is 5.29. The Bertz CT molecular complexity index is 555. The average molecular weight is 289 g/mol. The van der Waals surface area contributed by atoms with Crippen molar-refractivity contribution in [2.45, 2.75) is 26.2 Å². The van der Waals surface area contributed by atoms with Gasteiger partial charge >= 0.3 is 0 Å². The minimum Gasteiger partial charge on any atom is -0.489 e. The Labute approximate surface area is 124 Å². The number of ether oxygens (including phenoxy) is 1. The Hall–Kier alpha value is -1.91. The molecule has 1 atom stereocenters. The summed E-state index contributed by atoms with van der Waals surface area (Å²) < 4.78 is 18.5. The Balaban J connectivity index is 1.87. The van der Waals surface area contributed by atoms with Crippen LogP contribution in [-0.4, -0.2) is 17.8 Å². The van der Waals surface area contributed by atoms with Crippen molar-refractivity contribution >= 4 is 0 Å². The molecule has 112 valence electrons. The number of nitrogens with one attached hydrogen (secondary N) is 1. The lowest BCUT2D eigenvalue weighted by Gasteiger charge is -2.10. The zero-order valence-electron chi connectivity index (χ0n) is 12.1. The molecule has 3 nitrogen and oxygen atoms in total. The number of rotatable bonds is 7. The third-order valence-electron chi connectivity index (χ3n) is 2.99. The largest absolute Gasteiger partial charge is 0.489 e. The Morgan fingerprint density at radius 3 is 2.62 bits per heavy atom. The van der Waals surface area contributed by atoms with Gasteiger partial charge in [0.2, 0.25) is 0 Å². The van der Waals surface area contributed by atoms with E-state index in [1.54, 1.807) is 19.1 Å². The Morgan fingerprint density at radius 1 is 1.14 bits per heavy atom. The van der Waals surface area contributed by atoms with Gasteiger partial charge in [-0.15, -0.1) is 0 Å². The summed E-state index contributed by atoms with van der Waals surface area (Å²) in [6.07, 6.45) is -0.358. The van der Waals surface area contributed by atoms with Crippen molar-refractivity contribution in [3.63, 3.8) is 0 Å². The van der Waals surface area contributed by atoms with Crippen LogP contribution in [0.2, 0.25) is 0 Å². The summed E-state index contributed by atoms with van der Waals surface area (Å²) in [5, 5.41) is 12.4. The zero-order valence-corrected chi connectivity index (χ0v) is 12.1. The van der Waals surface area contributed by atoms with Gasteiger partial charge in [0, 0.05) is 13.1 Å². The van der Waals surface area contributed by atoms with Crippen LogP contribution in [0.25, 0.3) is 0 Å². The molecule has 0 spiro atoms. The maximum absolute atomic E-state index is 12.8. The van der Waals surface area contributed by atoms with Gasteiger partial charge in [0.25, 0.3) is 0 Å². The summed E-state index contributed by atoms with van der Waals surface area (Å²) in [6, 6.07) is 14.1. The molecule has 0 aliphatic rings. The number of hydrogen-bond acceptors (Lipinski definition) is 3. The summed E-state index contributed by atoms with van der Waals surface area (Å²) >= 11 is 0. The molecule has 0 amide bonds. The van der Waals surface area contributed by atoms with Crippen LogP contribution >= 0.6 is 0 Å². The van der Waals surface area contributed by atoms with E-state index >= 15 is 0 Å². The van der Waals surface area contributed by atoms with Gasteiger partial charge in [-0.2, -0.15) is 0 Å². The molecule has 0 saturated carbocycles. The molecule has 21 heavy (non-hydrogen) atoms. The second kappa shape index (κ2) is 7.76. The topological polar surface area (TPSA) is 41.5 Å². The number of halogens is 1. The van der Waals surface area contributed by atoms with E-state index < -0.39 is 0 Å². The van der Waals surface area contributed by atoms with Crippen LogP contribution in [0.4, 0.5) is 4.39 Å². The molecule has 0 bridgehead atoms. The van der Waals surface area contributed by atoms with E-state index in [1.165, 1.54) is 12.1 Å². The molecule has 0 saturated heterocycles. The number of benzene rings is 2. The molecule has 2 aromatic carbocycles. The number of aliphatic hydroxyl groups excluding tert-OH is 1. The van der Waals surface area contributed by atoms with E-state index in [4.69, 9.17) is 4.74 Å². The first kappa shape index (κ1) is 15.5. The molecule has 0 radical (unpaired) electrons. The molecule has 0 heterocycles. The lowest BCUT2D eigenvalue weighted by atomic mass is 10.2.